The summed E-state index contributed by atoms with van der Waals surface area (Å²) in [5.74, 6) is 0.568. The van der Waals surface area contributed by atoms with E-state index in [4.69, 9.17) is 4.74 Å². The van der Waals surface area contributed by atoms with Crippen LogP contribution in [-0.2, 0) is 4.74 Å². The number of thioether (sulfide) groups is 1. The van der Waals surface area contributed by atoms with Crippen molar-refractivity contribution in [3.63, 3.8) is 0 Å². The SMILES string of the molecule is COC(=O)c1cc2c(cc1C)[C@H](O)CCS2. The average molecular weight is 238 g/mol. The molecule has 0 aliphatic carbocycles. The number of methoxy groups -OCH3 is 1. The molecule has 1 aromatic carbocycles. The van der Waals surface area contributed by atoms with Gasteiger partial charge in [0.1, 0.15) is 0 Å². The number of benzene rings is 1. The summed E-state index contributed by atoms with van der Waals surface area (Å²) in [5.41, 5.74) is 2.37. The molecule has 0 fully saturated rings. The van der Waals surface area contributed by atoms with Crippen molar-refractivity contribution in [1.82, 2.24) is 0 Å². The second kappa shape index (κ2) is 4.47. The predicted molar refractivity (Wildman–Crippen MR) is 62.8 cm³/mol. The van der Waals surface area contributed by atoms with Crippen LogP contribution in [0.2, 0.25) is 0 Å². The van der Waals surface area contributed by atoms with E-state index in [0.29, 0.717) is 5.56 Å². The van der Waals surface area contributed by atoms with Crippen molar-refractivity contribution in [2.45, 2.75) is 24.3 Å². The first-order valence-electron chi connectivity index (χ1n) is 5.17. The van der Waals surface area contributed by atoms with Gasteiger partial charge in [-0.25, -0.2) is 4.79 Å². The molecule has 0 bridgehead atoms. The molecule has 0 aromatic heterocycles. The second-order valence-electron chi connectivity index (χ2n) is 3.85. The average Bonchev–Trinajstić information content (AvgIpc) is 2.29. The van der Waals surface area contributed by atoms with Crippen molar-refractivity contribution in [2.24, 2.45) is 0 Å². The second-order valence-corrected chi connectivity index (χ2v) is 4.99. The number of hydrogen-bond donors (Lipinski definition) is 1. The molecule has 1 heterocycles. The summed E-state index contributed by atoms with van der Waals surface area (Å²) in [6, 6.07) is 3.71. The van der Waals surface area contributed by atoms with E-state index in [9.17, 15) is 9.90 Å². The Bertz CT molecular complexity index is 429. The Labute approximate surface area is 98.8 Å². The van der Waals surface area contributed by atoms with E-state index in [1.54, 1.807) is 11.8 Å². The molecule has 1 aromatic rings. The minimum absolute atomic E-state index is 0.319. The number of aryl methyl sites for hydroxylation is 1. The molecule has 86 valence electrons. The first kappa shape index (κ1) is 11.5. The minimum Gasteiger partial charge on any atom is -0.465 e. The fourth-order valence-corrected chi connectivity index (χ4v) is 2.99. The van der Waals surface area contributed by atoms with Gasteiger partial charge < -0.3 is 9.84 Å². The van der Waals surface area contributed by atoms with Gasteiger partial charge in [0, 0.05) is 10.6 Å². The van der Waals surface area contributed by atoms with Gasteiger partial charge in [-0.15, -0.1) is 11.8 Å². The van der Waals surface area contributed by atoms with Crippen LogP contribution < -0.4 is 0 Å². The molecule has 0 amide bonds. The zero-order valence-electron chi connectivity index (χ0n) is 9.32. The highest BCUT2D eigenvalue weighted by molar-refractivity contribution is 7.99. The maximum absolute atomic E-state index is 11.5. The van der Waals surface area contributed by atoms with Gasteiger partial charge in [-0.1, -0.05) is 6.07 Å². The highest BCUT2D eigenvalue weighted by Crippen LogP contribution is 2.37. The number of ether oxygens (including phenoxy) is 1. The van der Waals surface area contributed by atoms with Crippen LogP contribution in [0.1, 0.15) is 34.0 Å². The fourth-order valence-electron chi connectivity index (χ4n) is 1.86. The van der Waals surface area contributed by atoms with Crippen LogP contribution >= 0.6 is 11.8 Å². The summed E-state index contributed by atoms with van der Waals surface area (Å²) >= 11 is 1.68. The fraction of sp³-hybridized carbons (Fsp3) is 0.417. The number of carbonyl (C=O) groups is 1. The Balaban J connectivity index is 2.48. The normalized spacial score (nSPS) is 19.1. The quantitative estimate of drug-likeness (QED) is 0.763. The summed E-state index contributed by atoms with van der Waals surface area (Å²) in [6.45, 7) is 1.86. The van der Waals surface area contributed by atoms with Crippen LogP contribution in [0.25, 0.3) is 0 Å². The molecule has 4 heteroatoms. The van der Waals surface area contributed by atoms with Gasteiger partial charge in [0.25, 0.3) is 0 Å². The van der Waals surface area contributed by atoms with Crippen molar-refractivity contribution >= 4 is 17.7 Å². The third-order valence-electron chi connectivity index (χ3n) is 2.77. The number of carbonyl (C=O) groups excluding carboxylic acids is 1. The van der Waals surface area contributed by atoms with E-state index >= 15 is 0 Å². The van der Waals surface area contributed by atoms with E-state index in [1.807, 2.05) is 19.1 Å². The lowest BCUT2D eigenvalue weighted by Gasteiger charge is -2.22. The lowest BCUT2D eigenvalue weighted by atomic mass is 10.00. The molecule has 0 spiro atoms. The van der Waals surface area contributed by atoms with E-state index in [1.165, 1.54) is 7.11 Å². The van der Waals surface area contributed by atoms with E-state index in [2.05, 4.69) is 0 Å². The highest BCUT2D eigenvalue weighted by Gasteiger charge is 2.21. The van der Waals surface area contributed by atoms with Gasteiger partial charge in [-0.05, 0) is 30.5 Å². The molecule has 1 aliphatic rings. The first-order valence-corrected chi connectivity index (χ1v) is 6.15. The molecule has 2 rings (SSSR count). The third-order valence-corrected chi connectivity index (χ3v) is 3.87. The Morgan fingerprint density at radius 1 is 1.56 bits per heavy atom. The standard InChI is InChI=1S/C12H14O3S/c1-7-5-9-10(13)3-4-16-11(9)6-8(7)12(14)15-2/h5-6,10,13H,3-4H2,1-2H3/t10-/m1/s1. The summed E-state index contributed by atoms with van der Waals surface area (Å²) in [6.07, 6.45) is 0.371. The number of fused-ring (bicyclic) bond motifs is 1. The molecular formula is C12H14O3S. The highest BCUT2D eigenvalue weighted by atomic mass is 32.2. The summed E-state index contributed by atoms with van der Waals surface area (Å²) in [4.78, 5) is 12.5. The van der Waals surface area contributed by atoms with Crippen LogP contribution in [0.5, 0.6) is 0 Å². The van der Waals surface area contributed by atoms with Crippen molar-refractivity contribution in [2.75, 3.05) is 12.9 Å². The van der Waals surface area contributed by atoms with Gasteiger partial charge in [0.2, 0.25) is 0 Å². The smallest absolute Gasteiger partial charge is 0.338 e. The topological polar surface area (TPSA) is 46.5 Å². The molecule has 1 aliphatic heterocycles. The van der Waals surface area contributed by atoms with Gasteiger partial charge in [0.15, 0.2) is 0 Å². The molecule has 0 saturated carbocycles. The Kier molecular flexibility index (Phi) is 3.21. The third kappa shape index (κ3) is 1.95. The summed E-state index contributed by atoms with van der Waals surface area (Å²) in [7, 11) is 1.38. The van der Waals surface area contributed by atoms with Crippen molar-refractivity contribution in [1.29, 1.82) is 0 Å². The Hall–Kier alpha value is -1.00. The van der Waals surface area contributed by atoms with Crippen LogP contribution in [0.3, 0.4) is 0 Å². The number of aliphatic hydroxyl groups excluding tert-OH is 1. The van der Waals surface area contributed by atoms with Gasteiger partial charge in [-0.3, -0.25) is 0 Å². The predicted octanol–water partition coefficient (Wildman–Crippen LogP) is 2.31. The van der Waals surface area contributed by atoms with Crippen LogP contribution in [0.15, 0.2) is 17.0 Å². The molecular weight excluding hydrogens is 224 g/mol. The molecule has 0 saturated heterocycles. The maximum Gasteiger partial charge on any atom is 0.338 e. The van der Waals surface area contributed by atoms with Gasteiger partial charge >= 0.3 is 5.97 Å². The lowest BCUT2D eigenvalue weighted by Crippen LogP contribution is -2.10. The molecule has 16 heavy (non-hydrogen) atoms. The van der Waals surface area contributed by atoms with Crippen LogP contribution in [0, 0.1) is 6.92 Å². The van der Waals surface area contributed by atoms with Crippen LogP contribution in [0.4, 0.5) is 0 Å². The minimum atomic E-state index is -0.401. The largest absolute Gasteiger partial charge is 0.465 e. The zero-order chi connectivity index (χ0) is 11.7. The van der Waals surface area contributed by atoms with Crippen molar-refractivity contribution in [3.8, 4) is 0 Å². The Morgan fingerprint density at radius 2 is 2.31 bits per heavy atom. The van der Waals surface area contributed by atoms with Crippen molar-refractivity contribution < 1.29 is 14.6 Å². The lowest BCUT2D eigenvalue weighted by molar-refractivity contribution is 0.0599. The Morgan fingerprint density at radius 3 is 3.00 bits per heavy atom. The van der Waals surface area contributed by atoms with E-state index < -0.39 is 6.10 Å². The number of aliphatic hydroxyl groups is 1. The number of rotatable bonds is 1. The number of esters is 1. The van der Waals surface area contributed by atoms with E-state index in [0.717, 1.165) is 28.2 Å². The van der Waals surface area contributed by atoms with Crippen molar-refractivity contribution in [3.05, 3.63) is 28.8 Å². The molecule has 1 N–H and O–H groups in total. The summed E-state index contributed by atoms with van der Waals surface area (Å²) in [5, 5.41) is 9.84. The molecule has 0 radical (unpaired) electrons. The number of hydrogen-bond acceptors (Lipinski definition) is 4. The maximum atomic E-state index is 11.5. The zero-order valence-corrected chi connectivity index (χ0v) is 10.1. The molecule has 0 unspecified atom stereocenters. The monoisotopic (exact) mass is 238 g/mol. The van der Waals surface area contributed by atoms with E-state index in [-0.39, 0.29) is 5.97 Å². The summed E-state index contributed by atoms with van der Waals surface area (Å²) < 4.78 is 4.72. The van der Waals surface area contributed by atoms with Crippen LogP contribution in [-0.4, -0.2) is 23.9 Å². The van der Waals surface area contributed by atoms with Gasteiger partial charge in [-0.2, -0.15) is 0 Å². The first-order chi connectivity index (χ1) is 7.63. The molecule has 1 atom stereocenters. The van der Waals surface area contributed by atoms with Gasteiger partial charge in [0.05, 0.1) is 18.8 Å². The molecule has 3 nitrogen and oxygen atoms in total.